The number of aryl methyl sites for hydroxylation is 2. The zero-order valence-corrected chi connectivity index (χ0v) is 16.9. The molecule has 1 atom stereocenters. The molecule has 0 radical (unpaired) electrons. The summed E-state index contributed by atoms with van der Waals surface area (Å²) in [4.78, 5) is 16.5. The van der Waals surface area contributed by atoms with Gasteiger partial charge in [-0.15, -0.1) is 22.7 Å². The second-order valence-electron chi connectivity index (χ2n) is 6.41. The lowest BCUT2D eigenvalue weighted by molar-refractivity contribution is -0.127. The summed E-state index contributed by atoms with van der Waals surface area (Å²) in [5.74, 6) is 0.0618. The fourth-order valence-corrected chi connectivity index (χ4v) is 5.96. The molecule has 4 nitrogen and oxygen atoms in total. The Kier molecular flexibility index (Phi) is 4.50. The number of amides is 1. The molecular weight excluding hydrogens is 386 g/mol. The molecule has 4 heterocycles. The van der Waals surface area contributed by atoms with E-state index in [1.165, 1.54) is 22.1 Å². The van der Waals surface area contributed by atoms with Crippen LogP contribution in [0.2, 0.25) is 4.34 Å². The molecule has 3 aromatic rings. The molecule has 0 aliphatic carbocycles. The first kappa shape index (κ1) is 17.5. The van der Waals surface area contributed by atoms with E-state index in [9.17, 15) is 4.79 Å². The van der Waals surface area contributed by atoms with Crippen LogP contribution in [0.15, 0.2) is 36.4 Å². The maximum atomic E-state index is 12.3. The van der Waals surface area contributed by atoms with Gasteiger partial charge >= 0.3 is 0 Å². The third-order valence-electron chi connectivity index (χ3n) is 4.74. The molecule has 134 valence electrons. The summed E-state index contributed by atoms with van der Waals surface area (Å²) in [5.41, 5.74) is 4.61. The summed E-state index contributed by atoms with van der Waals surface area (Å²) >= 11 is 9.58. The normalized spacial score (nSPS) is 16.6. The van der Waals surface area contributed by atoms with Gasteiger partial charge in [-0.25, -0.2) is 0 Å². The van der Waals surface area contributed by atoms with Crippen molar-refractivity contribution in [3.63, 3.8) is 0 Å². The van der Waals surface area contributed by atoms with E-state index in [1.54, 1.807) is 22.7 Å². The maximum Gasteiger partial charge on any atom is 0.246 e. The van der Waals surface area contributed by atoms with Gasteiger partial charge in [-0.3, -0.25) is 9.48 Å². The minimum Gasteiger partial charge on any atom is -0.333 e. The lowest BCUT2D eigenvalue weighted by Crippen LogP contribution is -2.36. The van der Waals surface area contributed by atoms with Gasteiger partial charge < -0.3 is 4.90 Å². The van der Waals surface area contributed by atoms with E-state index in [4.69, 9.17) is 11.6 Å². The molecule has 0 saturated carbocycles. The lowest BCUT2D eigenvalue weighted by Gasteiger charge is -2.32. The molecule has 0 saturated heterocycles. The Balaban J connectivity index is 1.82. The van der Waals surface area contributed by atoms with Gasteiger partial charge in [-0.05, 0) is 41.6 Å². The van der Waals surface area contributed by atoms with Crippen molar-refractivity contribution >= 4 is 40.2 Å². The molecule has 4 rings (SSSR count). The first-order valence-electron chi connectivity index (χ1n) is 8.25. The first-order chi connectivity index (χ1) is 12.5. The van der Waals surface area contributed by atoms with Gasteiger partial charge in [0.05, 0.1) is 16.6 Å². The van der Waals surface area contributed by atoms with Crippen LogP contribution >= 0.6 is 34.3 Å². The Hall–Kier alpha value is -1.89. The first-order valence-corrected chi connectivity index (χ1v) is 10.3. The molecule has 0 spiro atoms. The Morgan fingerprint density at radius 3 is 2.96 bits per heavy atom. The van der Waals surface area contributed by atoms with E-state index in [1.807, 2.05) is 23.6 Å². The summed E-state index contributed by atoms with van der Waals surface area (Å²) in [7, 11) is 1.94. The standard InChI is InChI=1S/C19H18ClN3OS2/c1-4-18(24)23-9-15(13-7-17(20)26-16(13)10-23)12-5-6-25-19(12)14-8-22(3)21-11(14)2/h4-8,15H,1,9-10H2,2-3H3/t15-/m1/s1. The number of nitrogens with zero attached hydrogens (tertiary/aromatic N) is 3. The number of fused-ring (bicyclic) bond motifs is 1. The van der Waals surface area contributed by atoms with Crippen LogP contribution in [-0.4, -0.2) is 27.1 Å². The van der Waals surface area contributed by atoms with Gasteiger partial charge in [-0.1, -0.05) is 18.2 Å². The summed E-state index contributed by atoms with van der Waals surface area (Å²) in [6, 6.07) is 4.22. The number of aromatic nitrogens is 2. The quantitative estimate of drug-likeness (QED) is 0.587. The fraction of sp³-hybridized carbons (Fsp3) is 0.263. The summed E-state index contributed by atoms with van der Waals surface area (Å²) in [6.07, 6.45) is 3.44. The average molecular weight is 404 g/mol. The van der Waals surface area contributed by atoms with E-state index < -0.39 is 0 Å². The third kappa shape index (κ3) is 2.92. The molecule has 1 aliphatic rings. The molecule has 1 amide bonds. The summed E-state index contributed by atoms with van der Waals surface area (Å²) in [5, 5.41) is 6.59. The SMILES string of the molecule is C=CC(=O)N1Cc2sc(Cl)cc2[C@@H](c2ccsc2-c2cn(C)nc2C)C1. The Morgan fingerprint density at radius 1 is 1.46 bits per heavy atom. The second kappa shape index (κ2) is 6.68. The Bertz CT molecular complexity index is 1000. The largest absolute Gasteiger partial charge is 0.333 e. The Labute approximate surface area is 165 Å². The summed E-state index contributed by atoms with van der Waals surface area (Å²) in [6.45, 7) is 6.90. The van der Waals surface area contributed by atoms with Crippen LogP contribution in [0.1, 0.15) is 27.6 Å². The number of hydrogen-bond acceptors (Lipinski definition) is 4. The molecule has 7 heteroatoms. The van der Waals surface area contributed by atoms with E-state index in [0.717, 1.165) is 20.5 Å². The van der Waals surface area contributed by atoms with Crippen LogP contribution < -0.4 is 0 Å². The third-order valence-corrected chi connectivity index (χ3v) is 6.97. The molecule has 0 fully saturated rings. The topological polar surface area (TPSA) is 38.1 Å². The van der Waals surface area contributed by atoms with Crippen LogP contribution in [0.3, 0.4) is 0 Å². The molecule has 26 heavy (non-hydrogen) atoms. The van der Waals surface area contributed by atoms with Crippen LogP contribution in [0.4, 0.5) is 0 Å². The number of thiophene rings is 2. The second-order valence-corrected chi connectivity index (χ2v) is 9.10. The van der Waals surface area contributed by atoms with Crippen molar-refractivity contribution in [2.24, 2.45) is 7.05 Å². The van der Waals surface area contributed by atoms with Crippen LogP contribution in [0.5, 0.6) is 0 Å². The molecule has 0 unspecified atom stereocenters. The highest BCUT2D eigenvalue weighted by Gasteiger charge is 2.32. The number of halogens is 1. The number of rotatable bonds is 3. The van der Waals surface area contributed by atoms with E-state index in [2.05, 4.69) is 35.4 Å². The zero-order valence-electron chi connectivity index (χ0n) is 14.5. The van der Waals surface area contributed by atoms with Crippen molar-refractivity contribution in [1.29, 1.82) is 0 Å². The minimum absolute atomic E-state index is 0.0421. The highest BCUT2D eigenvalue weighted by Crippen LogP contribution is 2.44. The predicted octanol–water partition coefficient (Wildman–Crippen LogP) is 4.83. The van der Waals surface area contributed by atoms with Crippen molar-refractivity contribution in [3.8, 4) is 10.4 Å². The average Bonchev–Trinajstić information content (AvgIpc) is 3.30. The highest BCUT2D eigenvalue weighted by molar-refractivity contribution is 7.16. The van der Waals surface area contributed by atoms with Gasteiger partial charge in [0.15, 0.2) is 0 Å². The van der Waals surface area contributed by atoms with Crippen molar-refractivity contribution in [1.82, 2.24) is 14.7 Å². The fourth-order valence-electron chi connectivity index (χ4n) is 3.58. The van der Waals surface area contributed by atoms with Crippen LogP contribution in [0.25, 0.3) is 10.4 Å². The van der Waals surface area contributed by atoms with E-state index >= 15 is 0 Å². The monoisotopic (exact) mass is 403 g/mol. The van der Waals surface area contributed by atoms with Crippen molar-refractivity contribution in [2.75, 3.05) is 6.54 Å². The number of carbonyl (C=O) groups excluding carboxylic acids is 1. The molecule has 0 N–H and O–H groups in total. The van der Waals surface area contributed by atoms with Gasteiger partial charge in [-0.2, -0.15) is 5.10 Å². The number of hydrogen-bond donors (Lipinski definition) is 0. The van der Waals surface area contributed by atoms with Crippen molar-refractivity contribution < 1.29 is 4.79 Å². The minimum atomic E-state index is -0.0421. The molecule has 0 bridgehead atoms. The van der Waals surface area contributed by atoms with Gasteiger partial charge in [0.2, 0.25) is 5.91 Å². The van der Waals surface area contributed by atoms with Crippen LogP contribution in [0, 0.1) is 6.92 Å². The van der Waals surface area contributed by atoms with E-state index in [-0.39, 0.29) is 11.8 Å². The summed E-state index contributed by atoms with van der Waals surface area (Å²) < 4.78 is 2.61. The zero-order chi connectivity index (χ0) is 18.4. The smallest absolute Gasteiger partial charge is 0.246 e. The Morgan fingerprint density at radius 2 is 2.27 bits per heavy atom. The lowest BCUT2D eigenvalue weighted by atomic mass is 9.87. The molecular formula is C19H18ClN3OS2. The predicted molar refractivity (Wildman–Crippen MR) is 108 cm³/mol. The van der Waals surface area contributed by atoms with Gasteiger partial charge in [0.25, 0.3) is 0 Å². The van der Waals surface area contributed by atoms with Crippen LogP contribution in [-0.2, 0) is 18.4 Å². The molecule has 1 aliphatic heterocycles. The van der Waals surface area contributed by atoms with Crippen molar-refractivity contribution in [3.05, 3.63) is 62.4 Å². The maximum absolute atomic E-state index is 12.3. The van der Waals surface area contributed by atoms with Gasteiger partial charge in [0, 0.05) is 41.0 Å². The number of carbonyl (C=O) groups is 1. The highest BCUT2D eigenvalue weighted by atomic mass is 35.5. The van der Waals surface area contributed by atoms with Gasteiger partial charge in [0.1, 0.15) is 0 Å². The van der Waals surface area contributed by atoms with E-state index in [0.29, 0.717) is 13.1 Å². The molecule has 3 aromatic heterocycles. The van der Waals surface area contributed by atoms with Crippen molar-refractivity contribution in [2.45, 2.75) is 19.4 Å². The molecule has 0 aromatic carbocycles.